The van der Waals surface area contributed by atoms with Crippen LogP contribution < -0.4 is 0 Å². The van der Waals surface area contributed by atoms with Crippen molar-refractivity contribution in [2.75, 3.05) is 6.54 Å². The molecular formula is C17H25N. The van der Waals surface area contributed by atoms with Gasteiger partial charge in [-0.15, -0.1) is 0 Å². The Bertz CT molecular complexity index is 373. The smallest absolute Gasteiger partial charge is 0.0364 e. The Balaban J connectivity index is 2.17. The molecule has 0 aliphatic heterocycles. The van der Waals surface area contributed by atoms with Crippen LogP contribution in [-0.2, 0) is 6.42 Å². The molecule has 0 N–H and O–H groups in total. The van der Waals surface area contributed by atoms with Gasteiger partial charge < -0.3 is 0 Å². The van der Waals surface area contributed by atoms with Gasteiger partial charge in [-0.1, -0.05) is 42.8 Å². The molecule has 0 spiro atoms. The molecule has 1 aromatic carbocycles. The number of nitrogens with zero attached hydrogens (tertiary/aromatic N) is 1. The van der Waals surface area contributed by atoms with E-state index in [1.54, 1.807) is 0 Å². The van der Waals surface area contributed by atoms with Gasteiger partial charge in [-0.05, 0) is 51.2 Å². The van der Waals surface area contributed by atoms with Crippen molar-refractivity contribution < 1.29 is 0 Å². The third kappa shape index (κ3) is 5.81. The van der Waals surface area contributed by atoms with E-state index in [0.717, 1.165) is 18.7 Å². The first kappa shape index (κ1) is 14.7. The van der Waals surface area contributed by atoms with E-state index >= 15 is 0 Å². The maximum Gasteiger partial charge on any atom is 0.0364 e. The number of benzene rings is 1. The van der Waals surface area contributed by atoms with E-state index in [1.165, 1.54) is 36.8 Å². The zero-order chi connectivity index (χ0) is 13.2. The summed E-state index contributed by atoms with van der Waals surface area (Å²) in [5, 5.41) is 0. The van der Waals surface area contributed by atoms with Gasteiger partial charge in [0.05, 0.1) is 0 Å². The number of allylic oxidation sites excluding steroid dienone is 1. The number of hydrogen-bond donors (Lipinski definition) is 0. The van der Waals surface area contributed by atoms with Gasteiger partial charge in [-0.25, -0.2) is 0 Å². The summed E-state index contributed by atoms with van der Waals surface area (Å²) in [4.78, 5) is 4.41. The van der Waals surface area contributed by atoms with Crippen LogP contribution in [0.4, 0.5) is 0 Å². The molecule has 0 bridgehead atoms. The summed E-state index contributed by atoms with van der Waals surface area (Å²) in [5.41, 5.74) is 3.95. The Labute approximate surface area is 112 Å². The second-order valence-corrected chi connectivity index (χ2v) is 4.72. The lowest BCUT2D eigenvalue weighted by atomic mass is 10.0. The Kier molecular flexibility index (Phi) is 7.09. The third-order valence-corrected chi connectivity index (χ3v) is 3.12. The van der Waals surface area contributed by atoms with Crippen molar-refractivity contribution in [3.8, 4) is 0 Å². The fraction of sp³-hybridized carbons (Fsp3) is 0.471. The highest BCUT2D eigenvalue weighted by Crippen LogP contribution is 2.10. The minimum absolute atomic E-state index is 0.866. The summed E-state index contributed by atoms with van der Waals surface area (Å²) in [6.07, 6.45) is 7.91. The van der Waals surface area contributed by atoms with E-state index in [-0.39, 0.29) is 0 Å². The molecule has 1 rings (SSSR count). The number of rotatable bonds is 8. The van der Waals surface area contributed by atoms with E-state index in [1.807, 2.05) is 6.08 Å². The van der Waals surface area contributed by atoms with Crippen LogP contribution in [0.1, 0.15) is 43.7 Å². The second kappa shape index (κ2) is 8.68. The zero-order valence-electron chi connectivity index (χ0n) is 11.8. The molecule has 0 saturated carbocycles. The normalized spacial score (nSPS) is 11.6. The van der Waals surface area contributed by atoms with Crippen LogP contribution >= 0.6 is 0 Å². The van der Waals surface area contributed by atoms with Crippen molar-refractivity contribution in [1.29, 1.82) is 0 Å². The quantitative estimate of drug-likeness (QED) is 0.462. The van der Waals surface area contributed by atoms with Gasteiger partial charge in [0.25, 0.3) is 0 Å². The van der Waals surface area contributed by atoms with Crippen molar-refractivity contribution in [2.24, 2.45) is 4.99 Å². The standard InChI is InChI=1S/C17H25N/c1-4-17(18-5-2)10-8-6-7-9-16-13-11-15(3)12-14-16/h4,11-14H,1,5-10H2,2-3H3. The first-order chi connectivity index (χ1) is 8.76. The highest BCUT2D eigenvalue weighted by molar-refractivity contribution is 5.94. The van der Waals surface area contributed by atoms with Gasteiger partial charge in [-0.3, -0.25) is 4.99 Å². The average molecular weight is 243 g/mol. The highest BCUT2D eigenvalue weighted by atomic mass is 14.7. The van der Waals surface area contributed by atoms with E-state index < -0.39 is 0 Å². The van der Waals surface area contributed by atoms with E-state index in [4.69, 9.17) is 0 Å². The number of hydrogen-bond acceptors (Lipinski definition) is 1. The van der Waals surface area contributed by atoms with Crippen LogP contribution in [0, 0.1) is 6.92 Å². The second-order valence-electron chi connectivity index (χ2n) is 4.72. The van der Waals surface area contributed by atoms with Gasteiger partial charge in [-0.2, -0.15) is 0 Å². The molecule has 0 saturated heterocycles. The van der Waals surface area contributed by atoms with Crippen LogP contribution in [-0.4, -0.2) is 12.3 Å². The summed E-state index contributed by atoms with van der Waals surface area (Å²) in [5.74, 6) is 0. The molecule has 18 heavy (non-hydrogen) atoms. The molecule has 0 aliphatic rings. The molecule has 0 unspecified atom stereocenters. The number of aryl methyl sites for hydroxylation is 2. The monoisotopic (exact) mass is 243 g/mol. The van der Waals surface area contributed by atoms with Crippen LogP contribution in [0.3, 0.4) is 0 Å². The number of unbranched alkanes of at least 4 members (excludes halogenated alkanes) is 2. The van der Waals surface area contributed by atoms with Crippen molar-refractivity contribution in [3.05, 3.63) is 48.0 Å². The molecule has 0 aliphatic carbocycles. The summed E-state index contributed by atoms with van der Waals surface area (Å²) < 4.78 is 0. The zero-order valence-corrected chi connectivity index (χ0v) is 11.8. The van der Waals surface area contributed by atoms with E-state index in [2.05, 4.69) is 49.7 Å². The van der Waals surface area contributed by atoms with Crippen LogP contribution in [0.25, 0.3) is 0 Å². The molecule has 0 amide bonds. The topological polar surface area (TPSA) is 12.4 Å². The Morgan fingerprint density at radius 1 is 1.17 bits per heavy atom. The minimum atomic E-state index is 0.866. The molecule has 1 heteroatoms. The van der Waals surface area contributed by atoms with Gasteiger partial charge in [0.2, 0.25) is 0 Å². The fourth-order valence-electron chi connectivity index (χ4n) is 2.02. The molecule has 0 aromatic heterocycles. The lowest BCUT2D eigenvalue weighted by Crippen LogP contribution is -1.95. The fourth-order valence-corrected chi connectivity index (χ4v) is 2.02. The SMILES string of the molecule is C=CC(CCCCCc1ccc(C)cc1)=NCC. The van der Waals surface area contributed by atoms with Crippen LogP contribution in [0.5, 0.6) is 0 Å². The maximum atomic E-state index is 4.41. The van der Waals surface area contributed by atoms with Crippen molar-refractivity contribution in [2.45, 2.75) is 46.0 Å². The Morgan fingerprint density at radius 3 is 2.50 bits per heavy atom. The molecule has 0 radical (unpaired) electrons. The predicted octanol–water partition coefficient (Wildman–Crippen LogP) is 4.74. The van der Waals surface area contributed by atoms with Crippen molar-refractivity contribution >= 4 is 5.71 Å². The highest BCUT2D eigenvalue weighted by Gasteiger charge is 1.96. The minimum Gasteiger partial charge on any atom is -0.290 e. The lowest BCUT2D eigenvalue weighted by molar-refractivity contribution is 0.696. The molecule has 0 atom stereocenters. The predicted molar refractivity (Wildman–Crippen MR) is 81.5 cm³/mol. The van der Waals surface area contributed by atoms with E-state index in [9.17, 15) is 0 Å². The lowest BCUT2D eigenvalue weighted by Gasteiger charge is -2.03. The molecular weight excluding hydrogens is 218 g/mol. The maximum absolute atomic E-state index is 4.41. The van der Waals surface area contributed by atoms with Gasteiger partial charge in [0.15, 0.2) is 0 Å². The Hall–Kier alpha value is -1.37. The summed E-state index contributed by atoms with van der Waals surface area (Å²) >= 11 is 0. The van der Waals surface area contributed by atoms with E-state index in [0.29, 0.717) is 0 Å². The summed E-state index contributed by atoms with van der Waals surface area (Å²) in [6.45, 7) is 8.87. The summed E-state index contributed by atoms with van der Waals surface area (Å²) in [6, 6.07) is 8.87. The van der Waals surface area contributed by atoms with Gasteiger partial charge in [0, 0.05) is 12.3 Å². The average Bonchev–Trinajstić information content (AvgIpc) is 2.39. The Morgan fingerprint density at radius 2 is 1.89 bits per heavy atom. The van der Waals surface area contributed by atoms with Crippen molar-refractivity contribution in [1.82, 2.24) is 0 Å². The first-order valence-corrected chi connectivity index (χ1v) is 6.97. The van der Waals surface area contributed by atoms with Crippen LogP contribution in [0.2, 0.25) is 0 Å². The van der Waals surface area contributed by atoms with Crippen molar-refractivity contribution in [3.63, 3.8) is 0 Å². The molecule has 0 heterocycles. The third-order valence-electron chi connectivity index (χ3n) is 3.12. The molecule has 98 valence electrons. The van der Waals surface area contributed by atoms with Gasteiger partial charge >= 0.3 is 0 Å². The van der Waals surface area contributed by atoms with Crippen LogP contribution in [0.15, 0.2) is 41.9 Å². The molecule has 1 aromatic rings. The molecule has 1 nitrogen and oxygen atoms in total. The number of aliphatic imine (C=N–C) groups is 1. The summed E-state index contributed by atoms with van der Waals surface area (Å²) in [7, 11) is 0. The largest absolute Gasteiger partial charge is 0.290 e. The van der Waals surface area contributed by atoms with Gasteiger partial charge in [0.1, 0.15) is 0 Å². The first-order valence-electron chi connectivity index (χ1n) is 6.97. The molecule has 0 fully saturated rings.